The molecule has 0 fully saturated rings. The number of fused-ring (bicyclic) bond motifs is 1. The first-order valence-electron chi connectivity index (χ1n) is 6.09. The van der Waals surface area contributed by atoms with E-state index in [1.165, 1.54) is 0 Å². The van der Waals surface area contributed by atoms with Crippen LogP contribution >= 0.6 is 15.9 Å². The van der Waals surface area contributed by atoms with E-state index in [1.54, 1.807) is 12.3 Å². The summed E-state index contributed by atoms with van der Waals surface area (Å²) in [5.74, 6) is 1.07. The van der Waals surface area contributed by atoms with Crippen molar-refractivity contribution in [1.29, 1.82) is 0 Å². The Labute approximate surface area is 124 Å². The Hall–Kier alpha value is -2.14. The molecule has 1 heterocycles. The van der Waals surface area contributed by atoms with E-state index in [4.69, 9.17) is 10.5 Å². The summed E-state index contributed by atoms with van der Waals surface area (Å²) in [5.41, 5.74) is 7.51. The van der Waals surface area contributed by atoms with Gasteiger partial charge in [0, 0.05) is 15.2 Å². The molecule has 0 bridgehead atoms. The molecule has 3 aromatic rings. The maximum atomic E-state index is 6.01. The number of nitrogens with two attached hydrogens (primary N) is 1. The molecule has 0 amide bonds. The Morgan fingerprint density at radius 2 is 2.00 bits per heavy atom. The van der Waals surface area contributed by atoms with Gasteiger partial charge in [-0.25, -0.2) is 0 Å². The molecular formula is C15H12BrN3O. The summed E-state index contributed by atoms with van der Waals surface area (Å²) in [5, 5.41) is 9.91. The second-order valence-electron chi connectivity index (χ2n) is 4.48. The molecule has 0 aliphatic rings. The fourth-order valence-corrected chi connectivity index (χ4v) is 2.66. The van der Waals surface area contributed by atoms with Crippen LogP contribution in [0.25, 0.3) is 10.8 Å². The monoisotopic (exact) mass is 329 g/mol. The van der Waals surface area contributed by atoms with E-state index in [0.29, 0.717) is 17.3 Å². The number of anilines is 1. The van der Waals surface area contributed by atoms with Gasteiger partial charge in [0.15, 0.2) is 5.75 Å². The van der Waals surface area contributed by atoms with Crippen molar-refractivity contribution in [3.05, 3.63) is 52.6 Å². The van der Waals surface area contributed by atoms with E-state index >= 15 is 0 Å². The van der Waals surface area contributed by atoms with Crippen molar-refractivity contribution in [2.45, 2.75) is 6.92 Å². The molecule has 4 nitrogen and oxygen atoms in total. The Balaban J connectivity index is 2.10. The van der Waals surface area contributed by atoms with Crippen molar-refractivity contribution in [2.75, 3.05) is 5.73 Å². The van der Waals surface area contributed by atoms with Crippen LogP contribution in [-0.2, 0) is 0 Å². The second kappa shape index (κ2) is 5.09. The van der Waals surface area contributed by atoms with Crippen molar-refractivity contribution in [1.82, 2.24) is 10.2 Å². The highest BCUT2D eigenvalue weighted by Gasteiger charge is 2.11. The van der Waals surface area contributed by atoms with E-state index in [1.807, 2.05) is 37.3 Å². The fourth-order valence-electron chi connectivity index (χ4n) is 2.07. The minimum Gasteiger partial charge on any atom is -0.435 e. The lowest BCUT2D eigenvalue weighted by Crippen LogP contribution is -1.98. The van der Waals surface area contributed by atoms with Crippen LogP contribution in [0.1, 0.15) is 5.56 Å². The molecular weight excluding hydrogens is 318 g/mol. The highest BCUT2D eigenvalue weighted by molar-refractivity contribution is 9.10. The summed E-state index contributed by atoms with van der Waals surface area (Å²) in [6.45, 7) is 1.94. The highest BCUT2D eigenvalue weighted by Crippen LogP contribution is 2.35. The van der Waals surface area contributed by atoms with Crippen LogP contribution in [0, 0.1) is 6.92 Å². The van der Waals surface area contributed by atoms with Gasteiger partial charge in [0.2, 0.25) is 5.88 Å². The topological polar surface area (TPSA) is 61.0 Å². The summed E-state index contributed by atoms with van der Waals surface area (Å²) >= 11 is 3.41. The van der Waals surface area contributed by atoms with Crippen LogP contribution in [0.3, 0.4) is 0 Å². The summed E-state index contributed by atoms with van der Waals surface area (Å²) in [6, 6.07) is 11.6. The van der Waals surface area contributed by atoms with Gasteiger partial charge in [-0.3, -0.25) is 0 Å². The van der Waals surface area contributed by atoms with Crippen molar-refractivity contribution >= 4 is 32.4 Å². The lowest BCUT2D eigenvalue weighted by atomic mass is 10.2. The lowest BCUT2D eigenvalue weighted by molar-refractivity contribution is 0.460. The van der Waals surface area contributed by atoms with Crippen LogP contribution in [0.2, 0.25) is 0 Å². The van der Waals surface area contributed by atoms with Gasteiger partial charge in [0.1, 0.15) is 0 Å². The molecule has 0 spiro atoms. The van der Waals surface area contributed by atoms with Crippen molar-refractivity contribution < 1.29 is 4.74 Å². The fraction of sp³-hybridized carbons (Fsp3) is 0.0667. The Kier molecular flexibility index (Phi) is 3.28. The average molecular weight is 330 g/mol. The van der Waals surface area contributed by atoms with Crippen LogP contribution in [-0.4, -0.2) is 10.2 Å². The maximum absolute atomic E-state index is 6.01. The molecule has 0 atom stereocenters. The lowest BCUT2D eigenvalue weighted by Gasteiger charge is -2.12. The van der Waals surface area contributed by atoms with E-state index < -0.39 is 0 Å². The predicted octanol–water partition coefficient (Wildman–Crippen LogP) is 4.08. The molecule has 0 saturated carbocycles. The molecule has 0 radical (unpaired) electrons. The summed E-state index contributed by atoms with van der Waals surface area (Å²) in [7, 11) is 0. The molecule has 20 heavy (non-hydrogen) atoms. The molecule has 5 heteroatoms. The third-order valence-electron chi connectivity index (χ3n) is 3.00. The zero-order valence-electron chi connectivity index (χ0n) is 10.8. The second-order valence-corrected chi connectivity index (χ2v) is 5.40. The van der Waals surface area contributed by atoms with Crippen LogP contribution < -0.4 is 10.5 Å². The Morgan fingerprint density at radius 1 is 1.20 bits per heavy atom. The minimum absolute atomic E-state index is 0.459. The van der Waals surface area contributed by atoms with Crippen molar-refractivity contribution in [2.24, 2.45) is 0 Å². The zero-order valence-corrected chi connectivity index (χ0v) is 12.4. The number of aromatic nitrogens is 2. The highest BCUT2D eigenvalue weighted by atomic mass is 79.9. The van der Waals surface area contributed by atoms with E-state index in [2.05, 4.69) is 26.1 Å². The van der Waals surface area contributed by atoms with Crippen LogP contribution in [0.15, 0.2) is 47.1 Å². The number of halogens is 1. The standard InChI is InChI=1S/C15H12BrN3O/c1-9-6-11(16)7-13(17)14(9)20-15-12-5-3-2-4-10(12)8-18-19-15/h2-8H,17H2,1H3. The third kappa shape index (κ3) is 2.32. The summed E-state index contributed by atoms with van der Waals surface area (Å²) < 4.78 is 6.81. The first-order valence-corrected chi connectivity index (χ1v) is 6.88. The van der Waals surface area contributed by atoms with Gasteiger partial charge < -0.3 is 10.5 Å². The van der Waals surface area contributed by atoms with E-state index in [0.717, 1.165) is 20.8 Å². The Bertz CT molecular complexity index is 761. The van der Waals surface area contributed by atoms with Gasteiger partial charge >= 0.3 is 0 Å². The van der Waals surface area contributed by atoms with Gasteiger partial charge in [-0.05, 0) is 30.7 Å². The number of hydrogen-bond donors (Lipinski definition) is 1. The number of ether oxygens (including phenoxy) is 1. The largest absolute Gasteiger partial charge is 0.435 e. The molecule has 0 unspecified atom stereocenters. The number of nitrogens with zero attached hydrogens (tertiary/aromatic N) is 2. The predicted molar refractivity (Wildman–Crippen MR) is 82.9 cm³/mol. The first kappa shape index (κ1) is 12.9. The SMILES string of the molecule is Cc1cc(Br)cc(N)c1Oc1nncc2ccccc12. The molecule has 0 aliphatic heterocycles. The van der Waals surface area contributed by atoms with E-state index in [9.17, 15) is 0 Å². The number of hydrogen-bond acceptors (Lipinski definition) is 4. The van der Waals surface area contributed by atoms with Gasteiger partial charge in [-0.2, -0.15) is 5.10 Å². The van der Waals surface area contributed by atoms with Crippen LogP contribution in [0.5, 0.6) is 11.6 Å². The summed E-state index contributed by atoms with van der Waals surface area (Å²) in [4.78, 5) is 0. The molecule has 0 aliphatic carbocycles. The molecule has 0 saturated heterocycles. The van der Waals surface area contributed by atoms with Gasteiger partial charge in [0.05, 0.1) is 11.9 Å². The molecule has 3 rings (SSSR count). The summed E-state index contributed by atoms with van der Waals surface area (Å²) in [6.07, 6.45) is 1.71. The number of nitrogen functional groups attached to an aromatic ring is 1. The Morgan fingerprint density at radius 3 is 2.80 bits per heavy atom. The molecule has 2 N–H and O–H groups in total. The number of aryl methyl sites for hydroxylation is 1. The van der Waals surface area contributed by atoms with E-state index in [-0.39, 0.29) is 0 Å². The molecule has 100 valence electrons. The van der Waals surface area contributed by atoms with Gasteiger partial charge in [0.25, 0.3) is 0 Å². The number of rotatable bonds is 2. The maximum Gasteiger partial charge on any atom is 0.246 e. The minimum atomic E-state index is 0.459. The van der Waals surface area contributed by atoms with Crippen molar-refractivity contribution in [3.63, 3.8) is 0 Å². The number of benzene rings is 2. The normalized spacial score (nSPS) is 10.7. The van der Waals surface area contributed by atoms with Crippen molar-refractivity contribution in [3.8, 4) is 11.6 Å². The van der Waals surface area contributed by atoms with Crippen LogP contribution in [0.4, 0.5) is 5.69 Å². The third-order valence-corrected chi connectivity index (χ3v) is 3.46. The molecule has 1 aromatic heterocycles. The zero-order chi connectivity index (χ0) is 14.1. The first-order chi connectivity index (χ1) is 9.65. The quantitative estimate of drug-likeness (QED) is 0.720. The van der Waals surface area contributed by atoms with Gasteiger partial charge in [-0.1, -0.05) is 34.1 Å². The molecule has 2 aromatic carbocycles. The average Bonchev–Trinajstić information content (AvgIpc) is 2.43. The van der Waals surface area contributed by atoms with Gasteiger partial charge in [-0.15, -0.1) is 5.10 Å². The smallest absolute Gasteiger partial charge is 0.246 e.